The van der Waals surface area contributed by atoms with Crippen molar-refractivity contribution in [3.8, 4) is 0 Å². The molecule has 8 heteroatoms. The zero-order valence-electron chi connectivity index (χ0n) is 12.1. The predicted molar refractivity (Wildman–Crippen MR) is 80.0 cm³/mol. The number of aromatic amines is 1. The molecule has 0 saturated carbocycles. The largest absolute Gasteiger partial charge is 0.337 e. The van der Waals surface area contributed by atoms with Gasteiger partial charge in [-0.3, -0.25) is 9.89 Å². The van der Waals surface area contributed by atoms with Gasteiger partial charge in [0, 0.05) is 23.8 Å². The summed E-state index contributed by atoms with van der Waals surface area (Å²) in [7, 11) is 1.50. The van der Waals surface area contributed by atoms with Crippen LogP contribution in [-0.4, -0.2) is 42.5 Å². The number of carbonyl (C=O) groups is 1. The van der Waals surface area contributed by atoms with Crippen molar-refractivity contribution in [3.05, 3.63) is 11.4 Å². The highest BCUT2D eigenvalue weighted by atomic mass is 35.7. The molecule has 0 aliphatic carbocycles. The Morgan fingerprint density at radius 2 is 1.90 bits per heavy atom. The molecule has 1 N–H and O–H groups in total. The molecule has 0 unspecified atom stereocenters. The number of nitrogens with zero attached hydrogens (tertiary/aromatic N) is 2. The number of carbonyl (C=O) groups excluding carboxylic acids is 1. The van der Waals surface area contributed by atoms with Gasteiger partial charge < -0.3 is 4.90 Å². The van der Waals surface area contributed by atoms with Crippen LogP contribution < -0.4 is 0 Å². The van der Waals surface area contributed by atoms with E-state index in [0.29, 0.717) is 25.2 Å². The average molecular weight is 334 g/mol. The van der Waals surface area contributed by atoms with Crippen molar-refractivity contribution in [1.29, 1.82) is 0 Å². The Balaban J connectivity index is 2.36. The Labute approximate surface area is 129 Å². The number of halogens is 1. The van der Waals surface area contributed by atoms with Crippen LogP contribution in [0.25, 0.3) is 0 Å². The second kappa shape index (κ2) is 6.79. The van der Waals surface area contributed by atoms with Gasteiger partial charge in [0.15, 0.2) is 5.69 Å². The lowest BCUT2D eigenvalue weighted by atomic mass is 10.2. The second-order valence-corrected chi connectivity index (χ2v) is 7.78. The van der Waals surface area contributed by atoms with E-state index in [2.05, 4.69) is 10.2 Å². The van der Waals surface area contributed by atoms with Crippen LogP contribution in [0.3, 0.4) is 0 Å². The van der Waals surface area contributed by atoms with Gasteiger partial charge in [0.2, 0.25) is 0 Å². The first-order valence-electron chi connectivity index (χ1n) is 7.26. The molecule has 1 saturated heterocycles. The molecular weight excluding hydrogens is 314 g/mol. The number of rotatable bonds is 4. The topological polar surface area (TPSA) is 83.1 Å². The molecule has 2 rings (SSSR count). The summed E-state index contributed by atoms with van der Waals surface area (Å²) in [6.45, 7) is 3.19. The summed E-state index contributed by atoms with van der Waals surface area (Å²) in [4.78, 5) is 14.1. The fourth-order valence-electron chi connectivity index (χ4n) is 2.62. The Morgan fingerprint density at radius 1 is 1.29 bits per heavy atom. The zero-order chi connectivity index (χ0) is 15.5. The normalized spacial score (nSPS) is 16.8. The van der Waals surface area contributed by atoms with Crippen molar-refractivity contribution < 1.29 is 13.2 Å². The van der Waals surface area contributed by atoms with Gasteiger partial charge in [0.25, 0.3) is 15.0 Å². The summed E-state index contributed by atoms with van der Waals surface area (Å²) in [5.41, 5.74) is 0.334. The van der Waals surface area contributed by atoms with Gasteiger partial charge in [-0.25, -0.2) is 8.42 Å². The molecule has 1 aromatic rings. The van der Waals surface area contributed by atoms with E-state index in [4.69, 9.17) is 10.7 Å². The van der Waals surface area contributed by atoms with Crippen LogP contribution in [0.15, 0.2) is 4.90 Å². The molecule has 1 aliphatic heterocycles. The molecule has 0 radical (unpaired) electrons. The molecule has 2 heterocycles. The summed E-state index contributed by atoms with van der Waals surface area (Å²) in [5, 5.41) is 6.58. The molecule has 118 valence electrons. The van der Waals surface area contributed by atoms with Crippen molar-refractivity contribution in [2.45, 2.75) is 50.3 Å². The maximum atomic E-state index is 12.6. The molecule has 1 aliphatic rings. The van der Waals surface area contributed by atoms with Gasteiger partial charge in [-0.1, -0.05) is 26.2 Å². The van der Waals surface area contributed by atoms with E-state index in [1.807, 2.05) is 6.92 Å². The molecule has 1 aromatic heterocycles. The molecule has 1 fully saturated rings. The van der Waals surface area contributed by atoms with E-state index in [-0.39, 0.29) is 16.5 Å². The zero-order valence-corrected chi connectivity index (χ0v) is 13.6. The Kier molecular flexibility index (Phi) is 5.27. The van der Waals surface area contributed by atoms with Crippen molar-refractivity contribution in [1.82, 2.24) is 15.1 Å². The summed E-state index contributed by atoms with van der Waals surface area (Å²) >= 11 is 0. The summed E-state index contributed by atoms with van der Waals surface area (Å²) in [5.74, 6) is -0.352. The number of likely N-dealkylation sites (tertiary alicyclic amines) is 1. The lowest BCUT2D eigenvalue weighted by Crippen LogP contribution is -2.32. The Bertz CT molecular complexity index is 604. The molecule has 0 bridgehead atoms. The van der Waals surface area contributed by atoms with Gasteiger partial charge in [-0.05, 0) is 19.3 Å². The van der Waals surface area contributed by atoms with E-state index >= 15 is 0 Å². The Morgan fingerprint density at radius 3 is 2.43 bits per heavy atom. The SMILES string of the molecule is CCCc1[nH]nc(C(=O)N2CCCCCC2)c1S(=O)(=O)Cl. The number of aromatic nitrogens is 2. The number of amides is 1. The highest BCUT2D eigenvalue weighted by molar-refractivity contribution is 8.13. The lowest BCUT2D eigenvalue weighted by Gasteiger charge is -2.19. The Hall–Kier alpha value is -1.08. The van der Waals surface area contributed by atoms with E-state index in [9.17, 15) is 13.2 Å². The van der Waals surface area contributed by atoms with Crippen LogP contribution in [0.5, 0.6) is 0 Å². The first kappa shape index (κ1) is 16.3. The number of H-pyrrole nitrogens is 1. The van der Waals surface area contributed by atoms with Crippen molar-refractivity contribution in [2.75, 3.05) is 13.1 Å². The average Bonchev–Trinajstić information content (AvgIpc) is 2.67. The summed E-state index contributed by atoms with van der Waals surface area (Å²) in [6.07, 6.45) is 5.26. The van der Waals surface area contributed by atoms with Crippen LogP contribution in [0, 0.1) is 0 Å². The van der Waals surface area contributed by atoms with E-state index in [1.165, 1.54) is 0 Å². The predicted octanol–water partition coefficient (Wildman–Crippen LogP) is 2.31. The minimum Gasteiger partial charge on any atom is -0.337 e. The number of hydrogen-bond acceptors (Lipinski definition) is 4. The fourth-order valence-corrected chi connectivity index (χ4v) is 3.92. The molecule has 0 aromatic carbocycles. The van der Waals surface area contributed by atoms with E-state index in [0.717, 1.165) is 32.1 Å². The quantitative estimate of drug-likeness (QED) is 0.857. The third-order valence-corrected chi connectivity index (χ3v) is 5.02. The molecule has 1 amide bonds. The standard InChI is InChI=1S/C13H20ClN3O3S/c1-2-7-10-12(21(14,19)20)11(16-15-10)13(18)17-8-5-3-4-6-9-17/h2-9H2,1H3,(H,15,16). The number of hydrogen-bond donors (Lipinski definition) is 1. The summed E-state index contributed by atoms with van der Waals surface area (Å²) in [6, 6.07) is 0. The van der Waals surface area contributed by atoms with Gasteiger partial charge >= 0.3 is 0 Å². The van der Waals surface area contributed by atoms with Gasteiger partial charge in [-0.15, -0.1) is 0 Å². The van der Waals surface area contributed by atoms with Crippen LogP contribution >= 0.6 is 10.7 Å². The molecular formula is C13H20ClN3O3S. The highest BCUT2D eigenvalue weighted by Crippen LogP contribution is 2.25. The van der Waals surface area contributed by atoms with Gasteiger partial charge in [0.05, 0.1) is 5.69 Å². The van der Waals surface area contributed by atoms with Crippen LogP contribution in [0.1, 0.15) is 55.2 Å². The van der Waals surface area contributed by atoms with E-state index in [1.54, 1.807) is 4.90 Å². The van der Waals surface area contributed by atoms with Crippen molar-refractivity contribution in [2.24, 2.45) is 0 Å². The van der Waals surface area contributed by atoms with Crippen molar-refractivity contribution >= 4 is 25.6 Å². The smallest absolute Gasteiger partial charge is 0.275 e. The molecule has 6 nitrogen and oxygen atoms in total. The van der Waals surface area contributed by atoms with Gasteiger partial charge in [0.1, 0.15) is 4.90 Å². The second-order valence-electron chi connectivity index (χ2n) is 5.27. The first-order chi connectivity index (χ1) is 9.95. The number of nitrogens with one attached hydrogen (secondary N) is 1. The van der Waals surface area contributed by atoms with Gasteiger partial charge in [-0.2, -0.15) is 5.10 Å². The third-order valence-electron chi connectivity index (χ3n) is 3.63. The van der Waals surface area contributed by atoms with Crippen LogP contribution in [0.4, 0.5) is 0 Å². The molecule has 0 spiro atoms. The maximum Gasteiger partial charge on any atom is 0.275 e. The van der Waals surface area contributed by atoms with Crippen LogP contribution in [-0.2, 0) is 15.5 Å². The first-order valence-corrected chi connectivity index (χ1v) is 9.57. The number of aryl methyl sites for hydroxylation is 1. The van der Waals surface area contributed by atoms with Crippen LogP contribution in [0.2, 0.25) is 0 Å². The third kappa shape index (κ3) is 3.77. The minimum atomic E-state index is -4.00. The maximum absolute atomic E-state index is 12.6. The summed E-state index contributed by atoms with van der Waals surface area (Å²) < 4.78 is 23.6. The van der Waals surface area contributed by atoms with Crippen molar-refractivity contribution in [3.63, 3.8) is 0 Å². The van der Waals surface area contributed by atoms with E-state index < -0.39 is 9.05 Å². The highest BCUT2D eigenvalue weighted by Gasteiger charge is 2.30. The molecule has 0 atom stereocenters. The minimum absolute atomic E-state index is 0.0737. The monoisotopic (exact) mass is 333 g/mol. The molecule has 21 heavy (non-hydrogen) atoms. The fraction of sp³-hybridized carbons (Fsp3) is 0.692. The lowest BCUT2D eigenvalue weighted by molar-refractivity contribution is 0.0752.